The van der Waals surface area contributed by atoms with Crippen LogP contribution in [0.1, 0.15) is 11.1 Å². The van der Waals surface area contributed by atoms with Crippen molar-refractivity contribution in [3.63, 3.8) is 0 Å². The van der Waals surface area contributed by atoms with Gasteiger partial charge in [-0.3, -0.25) is 0 Å². The molecule has 0 aromatic heterocycles. The summed E-state index contributed by atoms with van der Waals surface area (Å²) in [5.74, 6) is 0. The standard InChI is InChI=1S/C22H16/c1-16(17-9-3-2-4-10-17)22-20-13-7-5-11-18(20)15-19-12-6-8-14-21(19)22/h2-15H,1H2. The number of hydrogen-bond donors (Lipinski definition) is 0. The van der Waals surface area contributed by atoms with Gasteiger partial charge in [0.25, 0.3) is 0 Å². The van der Waals surface area contributed by atoms with E-state index in [4.69, 9.17) is 0 Å². The first-order chi connectivity index (χ1) is 10.8. The third kappa shape index (κ3) is 2.01. The van der Waals surface area contributed by atoms with Crippen LogP contribution >= 0.6 is 0 Å². The number of rotatable bonds is 2. The minimum Gasteiger partial charge on any atom is -0.0905 e. The van der Waals surface area contributed by atoms with Crippen LogP contribution in [0, 0.1) is 0 Å². The Balaban J connectivity index is 2.11. The van der Waals surface area contributed by atoms with Crippen LogP contribution < -0.4 is 0 Å². The lowest BCUT2D eigenvalue weighted by atomic mass is 9.89. The quantitative estimate of drug-likeness (QED) is 0.392. The van der Waals surface area contributed by atoms with Gasteiger partial charge in [0.05, 0.1) is 0 Å². The third-order valence-corrected chi connectivity index (χ3v) is 4.20. The molecule has 4 aromatic carbocycles. The monoisotopic (exact) mass is 280 g/mol. The summed E-state index contributed by atoms with van der Waals surface area (Å²) in [4.78, 5) is 0. The van der Waals surface area contributed by atoms with Crippen LogP contribution in [0.2, 0.25) is 0 Å². The van der Waals surface area contributed by atoms with E-state index in [1.54, 1.807) is 0 Å². The molecule has 104 valence electrons. The van der Waals surface area contributed by atoms with Gasteiger partial charge in [-0.05, 0) is 44.3 Å². The Morgan fingerprint density at radius 1 is 0.591 bits per heavy atom. The summed E-state index contributed by atoms with van der Waals surface area (Å²) in [5.41, 5.74) is 3.48. The topological polar surface area (TPSA) is 0 Å². The molecule has 0 saturated heterocycles. The van der Waals surface area contributed by atoms with Gasteiger partial charge in [0.1, 0.15) is 0 Å². The molecule has 0 nitrogen and oxygen atoms in total. The highest BCUT2D eigenvalue weighted by Crippen LogP contribution is 2.35. The summed E-state index contributed by atoms with van der Waals surface area (Å²) in [7, 11) is 0. The lowest BCUT2D eigenvalue weighted by molar-refractivity contribution is 1.60. The summed E-state index contributed by atoms with van der Waals surface area (Å²) < 4.78 is 0. The number of benzene rings is 4. The molecule has 0 heterocycles. The molecule has 0 spiro atoms. The highest BCUT2D eigenvalue weighted by Gasteiger charge is 2.11. The smallest absolute Gasteiger partial charge is 0.00268 e. The van der Waals surface area contributed by atoms with Crippen LogP contribution in [0.25, 0.3) is 27.1 Å². The number of hydrogen-bond acceptors (Lipinski definition) is 0. The zero-order valence-corrected chi connectivity index (χ0v) is 12.3. The SMILES string of the molecule is C=C(c1ccccc1)c1c2ccccc2cc2ccccc12. The van der Waals surface area contributed by atoms with Crippen molar-refractivity contribution in [1.82, 2.24) is 0 Å². The van der Waals surface area contributed by atoms with Crippen molar-refractivity contribution in [1.29, 1.82) is 0 Å². The maximum absolute atomic E-state index is 4.40. The Morgan fingerprint density at radius 3 is 1.68 bits per heavy atom. The molecule has 0 N–H and O–H groups in total. The third-order valence-electron chi connectivity index (χ3n) is 4.20. The molecular weight excluding hydrogens is 264 g/mol. The Morgan fingerprint density at radius 2 is 1.09 bits per heavy atom. The van der Waals surface area contributed by atoms with E-state index in [0.29, 0.717) is 0 Å². The molecule has 0 fully saturated rings. The second-order valence-corrected chi connectivity index (χ2v) is 5.54. The van der Waals surface area contributed by atoms with Gasteiger partial charge >= 0.3 is 0 Å². The lowest BCUT2D eigenvalue weighted by Gasteiger charge is -2.14. The first-order valence-corrected chi connectivity index (χ1v) is 7.50. The molecule has 0 aliphatic heterocycles. The number of fused-ring (bicyclic) bond motifs is 2. The largest absolute Gasteiger partial charge is 0.0905 e. The molecule has 0 unspecified atom stereocenters. The van der Waals surface area contributed by atoms with E-state index in [9.17, 15) is 0 Å². The minimum absolute atomic E-state index is 1.08. The lowest BCUT2D eigenvalue weighted by Crippen LogP contribution is -1.91. The van der Waals surface area contributed by atoms with E-state index in [1.807, 2.05) is 6.07 Å². The van der Waals surface area contributed by atoms with Crippen molar-refractivity contribution in [3.05, 3.63) is 103 Å². The highest BCUT2D eigenvalue weighted by molar-refractivity contribution is 6.10. The van der Waals surface area contributed by atoms with Gasteiger partial charge in [-0.1, -0.05) is 85.4 Å². The Labute approximate surface area is 130 Å². The summed E-state index contributed by atoms with van der Waals surface area (Å²) in [6, 6.07) is 29.8. The first kappa shape index (κ1) is 12.8. The van der Waals surface area contributed by atoms with Crippen molar-refractivity contribution in [2.75, 3.05) is 0 Å². The average molecular weight is 280 g/mol. The molecule has 22 heavy (non-hydrogen) atoms. The van der Waals surface area contributed by atoms with Gasteiger partial charge in [-0.2, -0.15) is 0 Å². The second-order valence-electron chi connectivity index (χ2n) is 5.54. The summed E-state index contributed by atoms with van der Waals surface area (Å²) in [5, 5.41) is 5.03. The van der Waals surface area contributed by atoms with E-state index < -0.39 is 0 Å². The average Bonchev–Trinajstić information content (AvgIpc) is 2.60. The van der Waals surface area contributed by atoms with E-state index in [2.05, 4.69) is 85.4 Å². The van der Waals surface area contributed by atoms with Crippen molar-refractivity contribution in [2.24, 2.45) is 0 Å². The van der Waals surface area contributed by atoms with Crippen LogP contribution in [-0.4, -0.2) is 0 Å². The molecule has 0 aliphatic carbocycles. The fourth-order valence-corrected chi connectivity index (χ4v) is 3.12. The maximum Gasteiger partial charge on any atom is -0.00268 e. The Hall–Kier alpha value is -2.86. The van der Waals surface area contributed by atoms with E-state index >= 15 is 0 Å². The van der Waals surface area contributed by atoms with Gasteiger partial charge in [-0.15, -0.1) is 0 Å². The minimum atomic E-state index is 1.08. The molecule has 0 atom stereocenters. The van der Waals surface area contributed by atoms with Crippen molar-refractivity contribution < 1.29 is 0 Å². The van der Waals surface area contributed by atoms with Gasteiger partial charge < -0.3 is 0 Å². The fraction of sp³-hybridized carbons (Fsp3) is 0. The molecular formula is C22H16. The van der Waals surface area contributed by atoms with Gasteiger partial charge in [0.15, 0.2) is 0 Å². The van der Waals surface area contributed by atoms with Crippen LogP contribution in [0.3, 0.4) is 0 Å². The van der Waals surface area contributed by atoms with Crippen LogP contribution in [0.15, 0.2) is 91.5 Å². The molecule has 4 rings (SSSR count). The van der Waals surface area contributed by atoms with Crippen LogP contribution in [-0.2, 0) is 0 Å². The Bertz CT molecular complexity index is 924. The van der Waals surface area contributed by atoms with Crippen molar-refractivity contribution in [2.45, 2.75) is 0 Å². The van der Waals surface area contributed by atoms with Crippen LogP contribution in [0.4, 0.5) is 0 Å². The molecule has 0 aliphatic rings. The zero-order chi connectivity index (χ0) is 14.9. The predicted molar refractivity (Wildman–Crippen MR) is 96.0 cm³/mol. The maximum atomic E-state index is 4.40. The van der Waals surface area contributed by atoms with Crippen LogP contribution in [0.5, 0.6) is 0 Å². The van der Waals surface area contributed by atoms with Gasteiger partial charge in [-0.25, -0.2) is 0 Å². The van der Waals surface area contributed by atoms with Crippen molar-refractivity contribution >= 4 is 27.1 Å². The molecule has 0 saturated carbocycles. The predicted octanol–water partition coefficient (Wildman–Crippen LogP) is 6.05. The summed E-state index contributed by atoms with van der Waals surface area (Å²) in [6.07, 6.45) is 0. The Kier molecular flexibility index (Phi) is 3.01. The van der Waals surface area contributed by atoms with E-state index in [0.717, 1.165) is 5.57 Å². The first-order valence-electron chi connectivity index (χ1n) is 7.50. The second kappa shape index (κ2) is 5.16. The summed E-state index contributed by atoms with van der Waals surface area (Å²) in [6.45, 7) is 4.40. The summed E-state index contributed by atoms with van der Waals surface area (Å²) >= 11 is 0. The van der Waals surface area contributed by atoms with E-state index in [-0.39, 0.29) is 0 Å². The van der Waals surface area contributed by atoms with Gasteiger partial charge in [0.2, 0.25) is 0 Å². The molecule has 0 amide bonds. The highest BCUT2D eigenvalue weighted by atomic mass is 14.1. The molecule has 0 heteroatoms. The van der Waals surface area contributed by atoms with E-state index in [1.165, 1.54) is 32.7 Å². The van der Waals surface area contributed by atoms with Crippen molar-refractivity contribution in [3.8, 4) is 0 Å². The fourth-order valence-electron chi connectivity index (χ4n) is 3.12. The zero-order valence-electron chi connectivity index (χ0n) is 12.3. The molecule has 0 bridgehead atoms. The molecule has 4 aromatic rings. The molecule has 0 radical (unpaired) electrons. The van der Waals surface area contributed by atoms with Gasteiger partial charge in [0, 0.05) is 0 Å². The normalized spacial score (nSPS) is 10.9.